The Morgan fingerprint density at radius 2 is 2.11 bits per heavy atom. The van der Waals surface area contributed by atoms with Crippen molar-refractivity contribution in [3.63, 3.8) is 0 Å². The summed E-state index contributed by atoms with van der Waals surface area (Å²) in [4.78, 5) is 35.8. The van der Waals surface area contributed by atoms with E-state index in [1.54, 1.807) is 36.4 Å². The van der Waals surface area contributed by atoms with Gasteiger partial charge in [0, 0.05) is 11.6 Å². The third-order valence-electron chi connectivity index (χ3n) is 3.63. The molecule has 1 aromatic heterocycles. The van der Waals surface area contributed by atoms with E-state index in [1.807, 2.05) is 0 Å². The van der Waals surface area contributed by atoms with Gasteiger partial charge >= 0.3 is 5.97 Å². The lowest BCUT2D eigenvalue weighted by atomic mass is 10.1. The van der Waals surface area contributed by atoms with Gasteiger partial charge in [0.05, 0.1) is 30.1 Å². The fourth-order valence-corrected chi connectivity index (χ4v) is 3.63. The number of nitrogens with zero attached hydrogens (tertiary/aromatic N) is 1. The van der Waals surface area contributed by atoms with Gasteiger partial charge in [0.15, 0.2) is 0 Å². The number of benzene rings is 1. The number of carboxylic acids is 1. The molecule has 7 nitrogen and oxygen atoms in total. The third kappa shape index (κ3) is 4.09. The van der Waals surface area contributed by atoms with Crippen LogP contribution in [0.25, 0.3) is 17.4 Å². The summed E-state index contributed by atoms with van der Waals surface area (Å²) >= 11 is 6.01. The summed E-state index contributed by atoms with van der Waals surface area (Å²) in [7, 11) is 1.30. The molecule has 27 heavy (non-hydrogen) atoms. The highest BCUT2D eigenvalue weighted by Crippen LogP contribution is 2.33. The van der Waals surface area contributed by atoms with Crippen LogP contribution in [0.2, 0.25) is 0 Å². The van der Waals surface area contributed by atoms with Crippen molar-refractivity contribution in [1.82, 2.24) is 4.90 Å². The van der Waals surface area contributed by atoms with Crippen molar-refractivity contribution < 1.29 is 28.6 Å². The van der Waals surface area contributed by atoms with E-state index in [9.17, 15) is 19.5 Å². The second-order valence-corrected chi connectivity index (χ2v) is 7.09. The summed E-state index contributed by atoms with van der Waals surface area (Å²) in [5.74, 6) is -1.47. The summed E-state index contributed by atoms with van der Waals surface area (Å²) in [6.07, 6.45) is 1.49. The number of amides is 1. The number of thiocarbonyl (C=S) groups is 1. The van der Waals surface area contributed by atoms with Gasteiger partial charge in [-0.05, 0) is 24.3 Å². The number of carbonyl (C=O) groups is 3. The van der Waals surface area contributed by atoms with Crippen LogP contribution in [0.4, 0.5) is 0 Å². The van der Waals surface area contributed by atoms with Gasteiger partial charge in [-0.1, -0.05) is 36.1 Å². The van der Waals surface area contributed by atoms with E-state index in [1.165, 1.54) is 13.2 Å². The van der Waals surface area contributed by atoms with E-state index < -0.39 is 24.4 Å². The molecule has 2 heterocycles. The van der Waals surface area contributed by atoms with Gasteiger partial charge in [0.1, 0.15) is 15.8 Å². The summed E-state index contributed by atoms with van der Waals surface area (Å²) in [6.45, 7) is -0.592. The molecule has 0 unspecified atom stereocenters. The number of furan rings is 1. The van der Waals surface area contributed by atoms with E-state index in [0.29, 0.717) is 22.6 Å². The van der Waals surface area contributed by atoms with E-state index in [0.717, 1.165) is 16.7 Å². The Morgan fingerprint density at radius 3 is 2.81 bits per heavy atom. The molecule has 0 aliphatic carbocycles. The first-order valence-corrected chi connectivity index (χ1v) is 8.85. The minimum atomic E-state index is -1.39. The highest BCUT2D eigenvalue weighted by Gasteiger charge is 2.32. The van der Waals surface area contributed by atoms with Gasteiger partial charge in [-0.3, -0.25) is 9.69 Å². The molecule has 0 bridgehead atoms. The van der Waals surface area contributed by atoms with Crippen molar-refractivity contribution >= 4 is 52.2 Å². The maximum absolute atomic E-state index is 12.3. The molecule has 1 aromatic carbocycles. The highest BCUT2D eigenvalue weighted by atomic mass is 32.2. The van der Waals surface area contributed by atoms with Crippen LogP contribution in [-0.2, 0) is 14.3 Å². The minimum Gasteiger partial charge on any atom is -0.548 e. The molecule has 0 radical (unpaired) electrons. The van der Waals surface area contributed by atoms with Gasteiger partial charge in [-0.2, -0.15) is 0 Å². The molecule has 2 aromatic rings. The molecule has 1 amide bonds. The summed E-state index contributed by atoms with van der Waals surface area (Å²) < 4.78 is 10.6. The maximum Gasteiger partial charge on any atom is 0.337 e. The van der Waals surface area contributed by atoms with E-state index in [-0.39, 0.29) is 9.23 Å². The highest BCUT2D eigenvalue weighted by molar-refractivity contribution is 8.26. The lowest BCUT2D eigenvalue weighted by Gasteiger charge is -2.14. The van der Waals surface area contributed by atoms with Crippen molar-refractivity contribution in [2.75, 3.05) is 13.7 Å². The Hall–Kier alpha value is -2.91. The molecule has 9 heteroatoms. The molecule has 1 saturated heterocycles. The summed E-state index contributed by atoms with van der Waals surface area (Å²) in [5.41, 5.74) is 1.05. The number of rotatable bonds is 5. The molecule has 0 saturated carbocycles. The van der Waals surface area contributed by atoms with Gasteiger partial charge < -0.3 is 19.1 Å². The SMILES string of the molecule is COC(=O)c1cccc(-c2ccc(/C=C3/SC(=S)N(CC(=O)[O-])C3=O)o2)c1. The number of thioether (sulfide) groups is 1. The van der Waals surface area contributed by atoms with Crippen LogP contribution in [0.5, 0.6) is 0 Å². The Bertz CT molecular complexity index is 978. The topological polar surface area (TPSA) is 99.9 Å². The standard InChI is InChI=1S/C18H13NO6S2/c1-24-17(23)11-4-2-3-10(7-11)13-6-5-12(25-13)8-14-16(22)19(9-15(20)21)18(26)27-14/h2-8H,9H2,1H3,(H,20,21)/p-1/b14-8+. The van der Waals surface area contributed by atoms with Crippen molar-refractivity contribution in [3.8, 4) is 11.3 Å². The van der Waals surface area contributed by atoms with Gasteiger partial charge in [0.2, 0.25) is 0 Å². The molecule has 0 atom stereocenters. The second kappa shape index (κ2) is 7.77. The fraction of sp³-hybridized carbons (Fsp3) is 0.111. The van der Waals surface area contributed by atoms with E-state index in [2.05, 4.69) is 0 Å². The lowest BCUT2D eigenvalue weighted by molar-refractivity contribution is -0.305. The number of aliphatic carboxylic acids is 1. The van der Waals surface area contributed by atoms with Crippen LogP contribution in [0.15, 0.2) is 45.7 Å². The molecule has 1 aliphatic heterocycles. The molecule has 1 aliphatic rings. The van der Waals surface area contributed by atoms with Crippen molar-refractivity contribution in [2.45, 2.75) is 0 Å². The van der Waals surface area contributed by atoms with Crippen LogP contribution in [-0.4, -0.2) is 40.7 Å². The third-order valence-corrected chi connectivity index (χ3v) is 5.01. The zero-order valence-corrected chi connectivity index (χ0v) is 15.6. The Labute approximate surface area is 163 Å². The average molecular weight is 402 g/mol. The zero-order chi connectivity index (χ0) is 19.6. The number of carboxylic acid groups (broad SMARTS) is 1. The molecule has 3 rings (SSSR count). The Morgan fingerprint density at radius 1 is 1.33 bits per heavy atom. The number of hydrogen-bond acceptors (Lipinski definition) is 8. The quantitative estimate of drug-likeness (QED) is 0.423. The molecular formula is C18H12NO6S2-. The van der Waals surface area contributed by atoms with Crippen LogP contribution < -0.4 is 5.11 Å². The maximum atomic E-state index is 12.3. The predicted molar refractivity (Wildman–Crippen MR) is 100 cm³/mol. The van der Waals surface area contributed by atoms with Crippen molar-refractivity contribution in [1.29, 1.82) is 0 Å². The lowest BCUT2D eigenvalue weighted by Crippen LogP contribution is -2.40. The molecule has 0 spiro atoms. The average Bonchev–Trinajstić information content (AvgIpc) is 3.21. The van der Waals surface area contributed by atoms with E-state index in [4.69, 9.17) is 21.4 Å². The summed E-state index contributed by atoms with van der Waals surface area (Å²) in [6, 6.07) is 10.1. The molecule has 1 fully saturated rings. The summed E-state index contributed by atoms with van der Waals surface area (Å²) in [5, 5.41) is 10.7. The number of hydrogen-bond donors (Lipinski definition) is 0. The number of carbonyl (C=O) groups excluding carboxylic acids is 3. The smallest absolute Gasteiger partial charge is 0.337 e. The Kier molecular flexibility index (Phi) is 5.43. The number of esters is 1. The Balaban J connectivity index is 1.84. The second-order valence-electron chi connectivity index (χ2n) is 5.41. The predicted octanol–water partition coefficient (Wildman–Crippen LogP) is 1.68. The van der Waals surface area contributed by atoms with Crippen LogP contribution >= 0.6 is 24.0 Å². The molecule has 138 valence electrons. The number of methoxy groups -OCH3 is 1. The van der Waals surface area contributed by atoms with Crippen LogP contribution in [0.3, 0.4) is 0 Å². The monoisotopic (exact) mass is 402 g/mol. The van der Waals surface area contributed by atoms with Gasteiger partial charge in [-0.15, -0.1) is 0 Å². The first-order valence-electron chi connectivity index (χ1n) is 7.63. The largest absolute Gasteiger partial charge is 0.548 e. The van der Waals surface area contributed by atoms with Crippen molar-refractivity contribution in [2.24, 2.45) is 0 Å². The number of ether oxygens (including phenoxy) is 1. The first-order chi connectivity index (χ1) is 12.9. The van der Waals surface area contributed by atoms with Crippen LogP contribution in [0.1, 0.15) is 16.1 Å². The first kappa shape index (κ1) is 18.9. The zero-order valence-electron chi connectivity index (χ0n) is 14.0. The van der Waals surface area contributed by atoms with E-state index >= 15 is 0 Å². The normalized spacial score (nSPS) is 15.4. The fourth-order valence-electron chi connectivity index (χ4n) is 2.40. The van der Waals surface area contributed by atoms with Crippen molar-refractivity contribution in [3.05, 3.63) is 52.6 Å². The molecule has 0 N–H and O–H groups in total. The van der Waals surface area contributed by atoms with Crippen LogP contribution in [0, 0.1) is 0 Å². The minimum absolute atomic E-state index is 0.146. The molecular weight excluding hydrogens is 390 g/mol. The van der Waals surface area contributed by atoms with Gasteiger partial charge in [-0.25, -0.2) is 4.79 Å². The van der Waals surface area contributed by atoms with Gasteiger partial charge in [0.25, 0.3) is 5.91 Å².